The van der Waals surface area contributed by atoms with Crippen LogP contribution in [0.15, 0.2) is 0 Å². The smallest absolute Gasteiger partial charge is 0.0923 e. The van der Waals surface area contributed by atoms with Crippen LogP contribution in [0.1, 0.15) is 25.7 Å². The van der Waals surface area contributed by atoms with Crippen molar-refractivity contribution in [2.24, 2.45) is 11.7 Å². The minimum atomic E-state index is -0.631. The maximum absolute atomic E-state index is 10.6. The average molecular weight is 241 g/mol. The molecule has 1 heterocycles. The molecule has 1 saturated carbocycles. The Balaban J connectivity index is 1.89. The number of likely N-dealkylation sites (tertiary alicyclic amines) is 1. The van der Waals surface area contributed by atoms with Gasteiger partial charge in [-0.25, -0.2) is 0 Å². The van der Waals surface area contributed by atoms with E-state index in [4.69, 9.17) is 5.73 Å². The number of β-amino-alcohol motifs (C(OH)–C–C–N with tert-alkyl or cyclic N) is 1. The summed E-state index contributed by atoms with van der Waals surface area (Å²) in [6, 6.07) is 0.630. The number of nitrogens with zero attached hydrogens (tertiary/aromatic N) is 2. The third-order valence-corrected chi connectivity index (χ3v) is 4.40. The van der Waals surface area contributed by atoms with Gasteiger partial charge in [-0.3, -0.25) is 4.90 Å². The van der Waals surface area contributed by atoms with Crippen molar-refractivity contribution in [1.82, 2.24) is 9.80 Å². The van der Waals surface area contributed by atoms with Gasteiger partial charge < -0.3 is 15.7 Å². The molecule has 1 aliphatic heterocycles. The van der Waals surface area contributed by atoms with Gasteiger partial charge in [-0.2, -0.15) is 0 Å². The van der Waals surface area contributed by atoms with Crippen LogP contribution >= 0.6 is 0 Å². The number of hydrogen-bond donors (Lipinski definition) is 2. The third kappa shape index (κ3) is 3.19. The fourth-order valence-electron chi connectivity index (χ4n) is 2.96. The Morgan fingerprint density at radius 1 is 1.35 bits per heavy atom. The first-order valence-electron chi connectivity index (χ1n) is 6.86. The van der Waals surface area contributed by atoms with Crippen molar-refractivity contribution in [3.8, 4) is 0 Å². The number of nitrogens with two attached hydrogens (primary N) is 1. The van der Waals surface area contributed by atoms with Gasteiger partial charge in [0.05, 0.1) is 5.60 Å². The van der Waals surface area contributed by atoms with Gasteiger partial charge in [0.25, 0.3) is 0 Å². The molecule has 1 aliphatic carbocycles. The molecule has 0 amide bonds. The molecule has 0 aromatic heterocycles. The standard InChI is InChI=1S/C13H27N3O/c1-15(2)12-4-3-7-16(8-12)10-13(17,9-14)11-5-6-11/h11-12,17H,3-10,14H2,1-2H3. The third-order valence-electron chi connectivity index (χ3n) is 4.40. The summed E-state index contributed by atoms with van der Waals surface area (Å²) in [6.07, 6.45) is 4.81. The highest BCUT2D eigenvalue weighted by atomic mass is 16.3. The molecule has 100 valence electrons. The fourth-order valence-corrected chi connectivity index (χ4v) is 2.96. The maximum atomic E-state index is 10.6. The molecule has 4 nitrogen and oxygen atoms in total. The summed E-state index contributed by atoms with van der Waals surface area (Å²) < 4.78 is 0. The molecule has 2 aliphatic rings. The highest BCUT2D eigenvalue weighted by Gasteiger charge is 2.44. The molecule has 2 rings (SSSR count). The lowest BCUT2D eigenvalue weighted by Gasteiger charge is -2.40. The molecule has 0 radical (unpaired) electrons. The summed E-state index contributed by atoms with van der Waals surface area (Å²) in [5.74, 6) is 0.451. The largest absolute Gasteiger partial charge is 0.387 e. The molecule has 0 bridgehead atoms. The molecule has 0 aromatic rings. The van der Waals surface area contributed by atoms with E-state index in [0.29, 0.717) is 18.5 Å². The number of likely N-dealkylation sites (N-methyl/N-ethyl adjacent to an activating group) is 1. The van der Waals surface area contributed by atoms with E-state index in [-0.39, 0.29) is 0 Å². The lowest BCUT2D eigenvalue weighted by atomic mass is 9.95. The quantitative estimate of drug-likeness (QED) is 0.717. The maximum Gasteiger partial charge on any atom is 0.0923 e. The van der Waals surface area contributed by atoms with Crippen LogP contribution in [0.5, 0.6) is 0 Å². The topological polar surface area (TPSA) is 52.7 Å². The van der Waals surface area contributed by atoms with Crippen molar-refractivity contribution in [2.45, 2.75) is 37.3 Å². The molecule has 4 heteroatoms. The molecular formula is C13H27N3O. The summed E-state index contributed by atoms with van der Waals surface area (Å²) in [7, 11) is 4.29. The van der Waals surface area contributed by atoms with Crippen molar-refractivity contribution >= 4 is 0 Å². The van der Waals surface area contributed by atoms with E-state index in [9.17, 15) is 5.11 Å². The number of rotatable bonds is 5. The van der Waals surface area contributed by atoms with Crippen molar-refractivity contribution in [3.63, 3.8) is 0 Å². The predicted molar refractivity (Wildman–Crippen MR) is 69.9 cm³/mol. The Hall–Kier alpha value is -0.160. The summed E-state index contributed by atoms with van der Waals surface area (Å²) in [5.41, 5.74) is 5.14. The van der Waals surface area contributed by atoms with E-state index in [2.05, 4.69) is 23.9 Å². The molecule has 0 aromatic carbocycles. The second-order valence-corrected chi connectivity index (χ2v) is 6.08. The van der Waals surface area contributed by atoms with E-state index in [1.54, 1.807) is 0 Å². The van der Waals surface area contributed by atoms with E-state index in [1.165, 1.54) is 12.8 Å². The molecule has 17 heavy (non-hydrogen) atoms. The molecule has 2 unspecified atom stereocenters. The molecule has 1 saturated heterocycles. The van der Waals surface area contributed by atoms with Crippen molar-refractivity contribution in [3.05, 3.63) is 0 Å². The van der Waals surface area contributed by atoms with Crippen LogP contribution in [-0.4, -0.2) is 66.8 Å². The van der Waals surface area contributed by atoms with Crippen molar-refractivity contribution in [2.75, 3.05) is 40.3 Å². The summed E-state index contributed by atoms with van der Waals surface area (Å²) in [4.78, 5) is 4.70. The summed E-state index contributed by atoms with van der Waals surface area (Å²) >= 11 is 0. The lowest BCUT2D eigenvalue weighted by molar-refractivity contribution is -0.0203. The van der Waals surface area contributed by atoms with Gasteiger partial charge >= 0.3 is 0 Å². The van der Waals surface area contributed by atoms with E-state index >= 15 is 0 Å². The minimum Gasteiger partial charge on any atom is -0.387 e. The van der Waals surface area contributed by atoms with Gasteiger partial charge in [-0.05, 0) is 52.2 Å². The normalized spacial score (nSPS) is 30.5. The minimum absolute atomic E-state index is 0.404. The molecule has 2 fully saturated rings. The van der Waals surface area contributed by atoms with Crippen LogP contribution in [-0.2, 0) is 0 Å². The van der Waals surface area contributed by atoms with Crippen LogP contribution in [0.3, 0.4) is 0 Å². The zero-order valence-corrected chi connectivity index (χ0v) is 11.2. The van der Waals surface area contributed by atoms with Gasteiger partial charge in [-0.15, -0.1) is 0 Å². The van der Waals surface area contributed by atoms with Crippen LogP contribution in [0.4, 0.5) is 0 Å². The Morgan fingerprint density at radius 2 is 2.06 bits per heavy atom. The summed E-state index contributed by atoms with van der Waals surface area (Å²) in [5, 5.41) is 10.6. The van der Waals surface area contributed by atoms with Gasteiger partial charge in [0.2, 0.25) is 0 Å². The van der Waals surface area contributed by atoms with Crippen LogP contribution in [0.25, 0.3) is 0 Å². The van der Waals surface area contributed by atoms with Crippen LogP contribution < -0.4 is 5.73 Å². The highest BCUT2D eigenvalue weighted by molar-refractivity contribution is 4.98. The molecule has 2 atom stereocenters. The van der Waals surface area contributed by atoms with Gasteiger partial charge in [0.1, 0.15) is 0 Å². The van der Waals surface area contributed by atoms with Gasteiger partial charge in [0, 0.05) is 25.7 Å². The Kier molecular flexibility index (Phi) is 4.08. The molecule has 0 spiro atoms. The number of piperidine rings is 1. The lowest BCUT2D eigenvalue weighted by Crippen LogP contribution is -2.54. The zero-order valence-electron chi connectivity index (χ0n) is 11.2. The second-order valence-electron chi connectivity index (χ2n) is 6.08. The predicted octanol–water partition coefficient (Wildman–Crippen LogP) is 0.112. The van der Waals surface area contributed by atoms with Crippen molar-refractivity contribution < 1.29 is 5.11 Å². The first kappa shape index (κ1) is 13.3. The van der Waals surface area contributed by atoms with E-state index in [1.807, 2.05) is 0 Å². The highest BCUT2D eigenvalue weighted by Crippen LogP contribution is 2.39. The van der Waals surface area contributed by atoms with Crippen LogP contribution in [0, 0.1) is 5.92 Å². The second kappa shape index (κ2) is 5.22. The first-order chi connectivity index (χ1) is 8.05. The Morgan fingerprint density at radius 3 is 2.59 bits per heavy atom. The SMILES string of the molecule is CN(C)C1CCCN(CC(O)(CN)C2CC2)C1. The average Bonchev–Trinajstić information content (AvgIpc) is 3.13. The van der Waals surface area contributed by atoms with E-state index in [0.717, 1.165) is 32.5 Å². The van der Waals surface area contributed by atoms with Gasteiger partial charge in [-0.1, -0.05) is 0 Å². The monoisotopic (exact) mass is 241 g/mol. The summed E-state index contributed by atoms with van der Waals surface area (Å²) in [6.45, 7) is 3.35. The fraction of sp³-hybridized carbons (Fsp3) is 1.00. The molecule has 3 N–H and O–H groups in total. The number of hydrogen-bond acceptors (Lipinski definition) is 4. The van der Waals surface area contributed by atoms with E-state index < -0.39 is 5.60 Å². The van der Waals surface area contributed by atoms with Crippen molar-refractivity contribution in [1.29, 1.82) is 0 Å². The van der Waals surface area contributed by atoms with Gasteiger partial charge in [0.15, 0.2) is 0 Å². The molecular weight excluding hydrogens is 214 g/mol. The Labute approximate surface area is 105 Å². The zero-order chi connectivity index (χ0) is 12.5. The first-order valence-corrected chi connectivity index (χ1v) is 6.86. The number of aliphatic hydroxyl groups is 1. The van der Waals surface area contributed by atoms with Crippen LogP contribution in [0.2, 0.25) is 0 Å². The Bertz CT molecular complexity index is 255.